The highest BCUT2D eigenvalue weighted by atomic mass is 19.1. The molecule has 2 amide bonds. The summed E-state index contributed by atoms with van der Waals surface area (Å²) >= 11 is 0. The molecule has 1 saturated heterocycles. The third-order valence-electron chi connectivity index (χ3n) is 5.21. The first-order valence-electron chi connectivity index (χ1n) is 9.86. The number of ketones is 1. The van der Waals surface area contributed by atoms with Crippen LogP contribution < -0.4 is 5.32 Å². The first-order chi connectivity index (χ1) is 13.9. The van der Waals surface area contributed by atoms with Gasteiger partial charge in [0.2, 0.25) is 5.91 Å². The molecule has 1 heterocycles. The number of carbonyl (C=O) groups excluding carboxylic acids is 3. The highest BCUT2D eigenvalue weighted by molar-refractivity contribution is 5.98. The summed E-state index contributed by atoms with van der Waals surface area (Å²) < 4.78 is 13.3. The first kappa shape index (κ1) is 20.7. The van der Waals surface area contributed by atoms with Crippen LogP contribution in [-0.2, 0) is 4.79 Å². The van der Waals surface area contributed by atoms with E-state index in [4.69, 9.17) is 0 Å². The van der Waals surface area contributed by atoms with Crippen molar-refractivity contribution in [3.8, 4) is 0 Å². The van der Waals surface area contributed by atoms with Gasteiger partial charge >= 0.3 is 0 Å². The number of rotatable bonds is 6. The SMILES string of the molecule is Cc1ccc(C(=O)CCC(=O)N2CCC(NC(=O)c3cccc(F)c3)CC2)cc1. The molecule has 5 nitrogen and oxygen atoms in total. The second kappa shape index (κ2) is 9.45. The summed E-state index contributed by atoms with van der Waals surface area (Å²) in [5.74, 6) is -0.827. The lowest BCUT2D eigenvalue weighted by atomic mass is 10.0. The smallest absolute Gasteiger partial charge is 0.251 e. The van der Waals surface area contributed by atoms with Crippen molar-refractivity contribution in [2.75, 3.05) is 13.1 Å². The lowest BCUT2D eigenvalue weighted by Crippen LogP contribution is -2.46. The van der Waals surface area contributed by atoms with Crippen LogP contribution in [0.3, 0.4) is 0 Å². The van der Waals surface area contributed by atoms with Gasteiger partial charge in [-0.05, 0) is 38.0 Å². The van der Waals surface area contributed by atoms with E-state index < -0.39 is 5.82 Å². The first-order valence-corrected chi connectivity index (χ1v) is 9.86. The lowest BCUT2D eigenvalue weighted by Gasteiger charge is -2.32. The fourth-order valence-corrected chi connectivity index (χ4v) is 3.43. The van der Waals surface area contributed by atoms with Gasteiger partial charge in [0.1, 0.15) is 5.82 Å². The summed E-state index contributed by atoms with van der Waals surface area (Å²) in [5, 5.41) is 2.90. The summed E-state index contributed by atoms with van der Waals surface area (Å²) in [4.78, 5) is 38.6. The topological polar surface area (TPSA) is 66.5 Å². The number of carbonyl (C=O) groups is 3. The Morgan fingerprint density at radius 1 is 1.00 bits per heavy atom. The predicted octanol–water partition coefficient (Wildman–Crippen LogP) is 3.52. The highest BCUT2D eigenvalue weighted by Crippen LogP contribution is 2.15. The molecule has 3 rings (SSSR count). The Hall–Kier alpha value is -3.02. The van der Waals surface area contributed by atoms with Gasteiger partial charge in [0, 0.05) is 43.1 Å². The van der Waals surface area contributed by atoms with Crippen LogP contribution in [0.2, 0.25) is 0 Å². The molecule has 1 aliphatic rings. The number of nitrogens with one attached hydrogen (secondary N) is 1. The molecular formula is C23H25FN2O3. The fraction of sp³-hybridized carbons (Fsp3) is 0.348. The van der Waals surface area contributed by atoms with Gasteiger partial charge in [-0.25, -0.2) is 4.39 Å². The van der Waals surface area contributed by atoms with E-state index in [1.165, 1.54) is 18.2 Å². The number of piperidine rings is 1. The van der Waals surface area contributed by atoms with Crippen LogP contribution in [-0.4, -0.2) is 41.6 Å². The zero-order valence-electron chi connectivity index (χ0n) is 16.5. The molecule has 2 aromatic rings. The molecule has 0 bridgehead atoms. The van der Waals surface area contributed by atoms with Gasteiger partial charge in [0.05, 0.1) is 0 Å². The van der Waals surface area contributed by atoms with Crippen molar-refractivity contribution in [2.45, 2.75) is 38.6 Å². The van der Waals surface area contributed by atoms with Gasteiger partial charge in [-0.15, -0.1) is 0 Å². The zero-order chi connectivity index (χ0) is 20.8. The maximum Gasteiger partial charge on any atom is 0.251 e. The van der Waals surface area contributed by atoms with Gasteiger partial charge in [-0.2, -0.15) is 0 Å². The Kier molecular flexibility index (Phi) is 6.75. The minimum atomic E-state index is -0.446. The van der Waals surface area contributed by atoms with E-state index in [0.717, 1.165) is 5.56 Å². The van der Waals surface area contributed by atoms with Crippen molar-refractivity contribution in [2.24, 2.45) is 0 Å². The molecule has 0 spiro atoms. The summed E-state index contributed by atoms with van der Waals surface area (Å²) in [6.45, 7) is 3.03. The van der Waals surface area contributed by atoms with E-state index in [-0.39, 0.29) is 42.0 Å². The Morgan fingerprint density at radius 2 is 1.69 bits per heavy atom. The number of hydrogen-bond acceptors (Lipinski definition) is 3. The standard InChI is InChI=1S/C23H25FN2O3/c1-16-5-7-17(8-6-16)21(27)9-10-22(28)26-13-11-20(12-14-26)25-23(29)18-3-2-4-19(24)15-18/h2-8,15,20H,9-14H2,1H3,(H,25,29). The van der Waals surface area contributed by atoms with Crippen LogP contribution in [0.1, 0.15) is 52.0 Å². The summed E-state index contributed by atoms with van der Waals surface area (Å²) in [6, 6.07) is 12.9. The molecule has 0 radical (unpaired) electrons. The third-order valence-corrected chi connectivity index (χ3v) is 5.21. The van der Waals surface area contributed by atoms with Gasteiger partial charge in [-0.1, -0.05) is 35.9 Å². The number of hydrogen-bond donors (Lipinski definition) is 1. The van der Waals surface area contributed by atoms with Crippen LogP contribution in [0.25, 0.3) is 0 Å². The van der Waals surface area contributed by atoms with Crippen molar-refractivity contribution >= 4 is 17.6 Å². The lowest BCUT2D eigenvalue weighted by molar-refractivity contribution is -0.132. The molecule has 0 atom stereocenters. The molecule has 1 fully saturated rings. The number of amides is 2. The van der Waals surface area contributed by atoms with Gasteiger partial charge in [0.25, 0.3) is 5.91 Å². The molecular weight excluding hydrogens is 371 g/mol. The van der Waals surface area contributed by atoms with Crippen molar-refractivity contribution in [1.29, 1.82) is 0 Å². The van der Waals surface area contributed by atoms with Crippen LogP contribution >= 0.6 is 0 Å². The monoisotopic (exact) mass is 396 g/mol. The molecule has 1 N–H and O–H groups in total. The number of Topliss-reactive ketones (excluding diaryl/α,β-unsaturated/α-hetero) is 1. The summed E-state index contributed by atoms with van der Waals surface area (Å²) in [7, 11) is 0. The molecule has 0 unspecified atom stereocenters. The van der Waals surface area contributed by atoms with Crippen molar-refractivity contribution in [1.82, 2.24) is 10.2 Å². The molecule has 0 aromatic heterocycles. The van der Waals surface area contributed by atoms with Crippen molar-refractivity contribution in [3.63, 3.8) is 0 Å². The van der Waals surface area contributed by atoms with Crippen LogP contribution in [0.15, 0.2) is 48.5 Å². The Bertz CT molecular complexity index is 887. The summed E-state index contributed by atoms with van der Waals surface area (Å²) in [6.07, 6.45) is 1.66. The minimum Gasteiger partial charge on any atom is -0.349 e. The van der Waals surface area contributed by atoms with Gasteiger partial charge in [-0.3, -0.25) is 14.4 Å². The number of nitrogens with zero attached hydrogens (tertiary/aromatic N) is 1. The average molecular weight is 396 g/mol. The highest BCUT2D eigenvalue weighted by Gasteiger charge is 2.24. The Balaban J connectivity index is 1.42. The van der Waals surface area contributed by atoms with Crippen LogP contribution in [0, 0.1) is 12.7 Å². The Morgan fingerprint density at radius 3 is 2.34 bits per heavy atom. The van der Waals surface area contributed by atoms with E-state index >= 15 is 0 Å². The molecule has 0 aliphatic carbocycles. The zero-order valence-corrected chi connectivity index (χ0v) is 16.5. The number of benzene rings is 2. The quantitative estimate of drug-likeness (QED) is 0.760. The van der Waals surface area contributed by atoms with E-state index in [1.54, 1.807) is 23.1 Å². The Labute approximate surface area is 169 Å². The second-order valence-electron chi connectivity index (χ2n) is 7.43. The maximum atomic E-state index is 13.3. The van der Waals surface area contributed by atoms with E-state index in [1.807, 2.05) is 19.1 Å². The molecule has 0 saturated carbocycles. The van der Waals surface area contributed by atoms with Crippen molar-refractivity contribution < 1.29 is 18.8 Å². The predicted molar refractivity (Wildman–Crippen MR) is 108 cm³/mol. The van der Waals surface area contributed by atoms with Gasteiger partial charge in [0.15, 0.2) is 5.78 Å². The third kappa shape index (κ3) is 5.73. The molecule has 152 valence electrons. The normalized spacial score (nSPS) is 14.5. The van der Waals surface area contributed by atoms with E-state index in [9.17, 15) is 18.8 Å². The second-order valence-corrected chi connectivity index (χ2v) is 7.43. The average Bonchev–Trinajstić information content (AvgIpc) is 2.73. The fourth-order valence-electron chi connectivity index (χ4n) is 3.43. The minimum absolute atomic E-state index is 0.0319. The molecule has 2 aromatic carbocycles. The molecule has 6 heteroatoms. The molecule has 29 heavy (non-hydrogen) atoms. The number of halogens is 1. The van der Waals surface area contributed by atoms with Crippen molar-refractivity contribution in [3.05, 3.63) is 71.0 Å². The summed E-state index contributed by atoms with van der Waals surface area (Å²) in [5.41, 5.74) is 2.00. The van der Waals surface area contributed by atoms with Gasteiger partial charge < -0.3 is 10.2 Å². The van der Waals surface area contributed by atoms with Crippen LogP contribution in [0.4, 0.5) is 4.39 Å². The number of likely N-dealkylation sites (tertiary alicyclic amines) is 1. The number of aryl methyl sites for hydroxylation is 1. The van der Waals surface area contributed by atoms with E-state index in [0.29, 0.717) is 31.5 Å². The van der Waals surface area contributed by atoms with E-state index in [2.05, 4.69) is 5.32 Å². The maximum absolute atomic E-state index is 13.3. The largest absolute Gasteiger partial charge is 0.349 e. The molecule has 1 aliphatic heterocycles. The van der Waals surface area contributed by atoms with Crippen LogP contribution in [0.5, 0.6) is 0 Å².